The van der Waals surface area contributed by atoms with Gasteiger partial charge in [0, 0.05) is 18.8 Å². The van der Waals surface area contributed by atoms with Gasteiger partial charge in [-0.2, -0.15) is 5.26 Å². The third kappa shape index (κ3) is 2.55. The Bertz CT molecular complexity index is 491. The van der Waals surface area contributed by atoms with Gasteiger partial charge in [0.2, 0.25) is 5.82 Å². The van der Waals surface area contributed by atoms with Gasteiger partial charge >= 0.3 is 5.69 Å². The van der Waals surface area contributed by atoms with Crippen LogP contribution in [0.25, 0.3) is 0 Å². The lowest BCUT2D eigenvalue weighted by atomic mass is 10.2. The van der Waals surface area contributed by atoms with Crippen LogP contribution in [0.1, 0.15) is 18.4 Å². The monoisotopic (exact) mass is 247 g/mol. The fourth-order valence-electron chi connectivity index (χ4n) is 2.01. The van der Waals surface area contributed by atoms with Gasteiger partial charge in [0.1, 0.15) is 11.6 Å². The number of pyridine rings is 1. The fourth-order valence-corrected chi connectivity index (χ4v) is 2.01. The Balaban J connectivity index is 2.16. The zero-order chi connectivity index (χ0) is 13.0. The topological polar surface area (TPSA) is 104 Å². The van der Waals surface area contributed by atoms with Crippen molar-refractivity contribution in [3.8, 4) is 6.07 Å². The van der Waals surface area contributed by atoms with Crippen LogP contribution in [0.2, 0.25) is 0 Å². The van der Waals surface area contributed by atoms with E-state index >= 15 is 0 Å². The summed E-state index contributed by atoms with van der Waals surface area (Å²) in [6.07, 6.45) is 3.55. The average Bonchev–Trinajstić information content (AvgIpc) is 2.88. The van der Waals surface area contributed by atoms with Gasteiger partial charge in [-0.25, -0.2) is 4.98 Å². The van der Waals surface area contributed by atoms with Crippen LogP contribution >= 0.6 is 0 Å². The quantitative estimate of drug-likeness (QED) is 0.608. The number of hydrogen-bond donors (Lipinski definition) is 2. The normalized spacial score (nSPS) is 18.3. The summed E-state index contributed by atoms with van der Waals surface area (Å²) in [6, 6.07) is 3.46. The van der Waals surface area contributed by atoms with Crippen molar-refractivity contribution in [3.63, 3.8) is 0 Å². The highest BCUT2D eigenvalue weighted by atomic mass is 16.6. The van der Waals surface area contributed by atoms with Gasteiger partial charge in [0.05, 0.1) is 4.92 Å². The highest BCUT2D eigenvalue weighted by molar-refractivity contribution is 5.64. The minimum Gasteiger partial charge on any atom is -0.363 e. The van der Waals surface area contributed by atoms with Crippen LogP contribution in [0.4, 0.5) is 11.5 Å². The lowest BCUT2D eigenvalue weighted by Crippen LogP contribution is -2.29. The molecule has 2 rings (SSSR count). The van der Waals surface area contributed by atoms with Crippen molar-refractivity contribution in [2.24, 2.45) is 0 Å². The maximum atomic E-state index is 11.0. The Morgan fingerprint density at radius 1 is 1.72 bits per heavy atom. The molecule has 0 amide bonds. The molecule has 1 aromatic rings. The molecule has 0 saturated carbocycles. The third-order valence-corrected chi connectivity index (χ3v) is 2.91. The van der Waals surface area contributed by atoms with Crippen molar-refractivity contribution in [1.82, 2.24) is 10.3 Å². The van der Waals surface area contributed by atoms with Crippen molar-refractivity contribution in [3.05, 3.63) is 27.9 Å². The maximum absolute atomic E-state index is 11.0. The second-order valence-corrected chi connectivity index (χ2v) is 4.10. The van der Waals surface area contributed by atoms with Crippen molar-refractivity contribution >= 4 is 11.5 Å². The predicted octanol–water partition coefficient (Wildman–Crippen LogP) is 1.03. The summed E-state index contributed by atoms with van der Waals surface area (Å²) in [5, 5.41) is 26.0. The Morgan fingerprint density at radius 3 is 3.17 bits per heavy atom. The number of aromatic nitrogens is 1. The van der Waals surface area contributed by atoms with Crippen molar-refractivity contribution in [1.29, 1.82) is 5.26 Å². The van der Waals surface area contributed by atoms with E-state index in [2.05, 4.69) is 15.6 Å². The molecular weight excluding hydrogens is 234 g/mol. The molecule has 0 spiro atoms. The summed E-state index contributed by atoms with van der Waals surface area (Å²) >= 11 is 0. The van der Waals surface area contributed by atoms with Crippen LogP contribution in [0.15, 0.2) is 12.3 Å². The molecule has 1 saturated heterocycles. The highest BCUT2D eigenvalue weighted by Gasteiger charge is 2.22. The van der Waals surface area contributed by atoms with Gasteiger partial charge in [-0.05, 0) is 25.5 Å². The van der Waals surface area contributed by atoms with Gasteiger partial charge in [0.25, 0.3) is 0 Å². The number of nitrogens with one attached hydrogen (secondary N) is 2. The number of anilines is 1. The lowest BCUT2D eigenvalue weighted by Gasteiger charge is -2.12. The summed E-state index contributed by atoms with van der Waals surface area (Å²) in [5.41, 5.74) is -0.227. The molecule has 18 heavy (non-hydrogen) atoms. The number of nitrogens with zero attached hydrogens (tertiary/aromatic N) is 3. The first-order valence-corrected chi connectivity index (χ1v) is 5.73. The summed E-state index contributed by atoms with van der Waals surface area (Å²) < 4.78 is 0. The predicted molar refractivity (Wildman–Crippen MR) is 65.1 cm³/mol. The Kier molecular flexibility index (Phi) is 3.69. The van der Waals surface area contributed by atoms with Crippen LogP contribution in [-0.2, 0) is 0 Å². The van der Waals surface area contributed by atoms with Gasteiger partial charge in [-0.3, -0.25) is 10.1 Å². The molecule has 7 heteroatoms. The number of nitriles is 1. The molecule has 0 bridgehead atoms. The van der Waals surface area contributed by atoms with E-state index < -0.39 is 4.92 Å². The molecule has 2 heterocycles. The summed E-state index contributed by atoms with van der Waals surface area (Å²) in [5.74, 6) is 0.160. The second kappa shape index (κ2) is 5.42. The van der Waals surface area contributed by atoms with E-state index in [9.17, 15) is 10.1 Å². The number of hydrogen-bond acceptors (Lipinski definition) is 6. The number of rotatable bonds is 4. The third-order valence-electron chi connectivity index (χ3n) is 2.91. The molecule has 7 nitrogen and oxygen atoms in total. The van der Waals surface area contributed by atoms with E-state index in [0.717, 1.165) is 19.4 Å². The van der Waals surface area contributed by atoms with Crippen LogP contribution in [0.3, 0.4) is 0 Å². The summed E-state index contributed by atoms with van der Waals surface area (Å²) in [6.45, 7) is 1.54. The zero-order valence-corrected chi connectivity index (χ0v) is 9.72. The lowest BCUT2D eigenvalue weighted by molar-refractivity contribution is -0.384. The van der Waals surface area contributed by atoms with E-state index in [-0.39, 0.29) is 17.1 Å². The van der Waals surface area contributed by atoms with E-state index in [1.165, 1.54) is 12.3 Å². The molecule has 1 atom stereocenters. The van der Waals surface area contributed by atoms with Crippen LogP contribution in [0, 0.1) is 21.4 Å². The largest absolute Gasteiger partial charge is 0.363 e. The molecule has 1 aliphatic heterocycles. The maximum Gasteiger partial charge on any atom is 0.328 e. The van der Waals surface area contributed by atoms with Crippen molar-refractivity contribution in [2.75, 3.05) is 18.4 Å². The minimum atomic E-state index is -0.573. The second-order valence-electron chi connectivity index (χ2n) is 4.10. The molecule has 0 aliphatic carbocycles. The Hall–Kier alpha value is -2.20. The smallest absolute Gasteiger partial charge is 0.328 e. The molecule has 0 aromatic carbocycles. The van der Waals surface area contributed by atoms with Gasteiger partial charge < -0.3 is 10.6 Å². The van der Waals surface area contributed by atoms with Crippen LogP contribution in [-0.4, -0.2) is 29.0 Å². The van der Waals surface area contributed by atoms with Crippen LogP contribution in [0.5, 0.6) is 0 Å². The van der Waals surface area contributed by atoms with E-state index in [1.54, 1.807) is 0 Å². The first kappa shape index (κ1) is 12.3. The van der Waals surface area contributed by atoms with E-state index in [0.29, 0.717) is 12.6 Å². The van der Waals surface area contributed by atoms with Crippen molar-refractivity contribution < 1.29 is 4.92 Å². The van der Waals surface area contributed by atoms with Crippen LogP contribution < -0.4 is 10.6 Å². The summed E-state index contributed by atoms with van der Waals surface area (Å²) in [4.78, 5) is 14.3. The molecule has 1 fully saturated rings. The van der Waals surface area contributed by atoms with Gasteiger partial charge in [-0.1, -0.05) is 0 Å². The molecule has 1 unspecified atom stereocenters. The van der Waals surface area contributed by atoms with Crippen molar-refractivity contribution in [2.45, 2.75) is 18.9 Å². The fraction of sp³-hybridized carbons (Fsp3) is 0.455. The summed E-state index contributed by atoms with van der Waals surface area (Å²) in [7, 11) is 0. The molecule has 0 radical (unpaired) electrons. The van der Waals surface area contributed by atoms with E-state index in [1.807, 2.05) is 6.07 Å². The molecule has 94 valence electrons. The van der Waals surface area contributed by atoms with E-state index in [4.69, 9.17) is 5.26 Å². The van der Waals surface area contributed by atoms with Gasteiger partial charge in [0.15, 0.2) is 0 Å². The minimum absolute atomic E-state index is 0.0249. The molecule has 1 aromatic heterocycles. The molecule has 2 N–H and O–H groups in total. The zero-order valence-electron chi connectivity index (χ0n) is 9.72. The van der Waals surface area contributed by atoms with Gasteiger partial charge in [-0.15, -0.1) is 0 Å². The standard InChI is InChI=1S/C11H13N5O2/c12-6-8-3-5-14-11(10(8)16(17)18)15-7-9-2-1-4-13-9/h3,5,9,13H,1-2,4,7H2,(H,14,15). The number of nitro groups is 1. The first-order valence-electron chi connectivity index (χ1n) is 5.73. The first-order chi connectivity index (χ1) is 8.72. The average molecular weight is 247 g/mol. The SMILES string of the molecule is N#Cc1ccnc(NCC2CCCN2)c1[N+](=O)[O-]. The molecular formula is C11H13N5O2. The Labute approximate surface area is 104 Å². The molecule has 1 aliphatic rings. The Morgan fingerprint density at radius 2 is 2.56 bits per heavy atom. The highest BCUT2D eigenvalue weighted by Crippen LogP contribution is 2.25.